The van der Waals surface area contributed by atoms with Crippen molar-refractivity contribution in [2.45, 2.75) is 71.2 Å². The van der Waals surface area contributed by atoms with Crippen LogP contribution in [-0.2, 0) is 14.3 Å². The van der Waals surface area contributed by atoms with Crippen LogP contribution in [0, 0.1) is 11.3 Å². The largest absolute Gasteiger partial charge is 0.444 e. The van der Waals surface area contributed by atoms with Crippen molar-refractivity contribution in [3.05, 3.63) is 35.9 Å². The number of ether oxygens (including phenoxy) is 1. The number of carbonyl (C=O) groups excluding carboxylic acids is 3. The zero-order valence-electron chi connectivity index (χ0n) is 19.4. The number of amides is 3. The summed E-state index contributed by atoms with van der Waals surface area (Å²) in [5.74, 6) is -1.02. The lowest BCUT2D eigenvalue weighted by Gasteiger charge is -2.33. The molecule has 0 aliphatic heterocycles. The van der Waals surface area contributed by atoms with Crippen LogP contribution < -0.4 is 10.6 Å². The molecule has 1 aromatic carbocycles. The fourth-order valence-corrected chi connectivity index (χ4v) is 3.39. The lowest BCUT2D eigenvalue weighted by atomic mass is 10.0. The number of nitrogens with one attached hydrogen (secondary N) is 2. The van der Waals surface area contributed by atoms with Gasteiger partial charge >= 0.3 is 6.09 Å². The smallest absolute Gasteiger partial charge is 0.408 e. The second kappa shape index (κ2) is 13.0. The monoisotopic (exact) mass is 462 g/mol. The van der Waals surface area contributed by atoms with E-state index in [1.165, 1.54) is 4.90 Å². The Balaban J connectivity index is 3.25. The van der Waals surface area contributed by atoms with Gasteiger partial charge < -0.3 is 20.3 Å². The molecule has 0 spiro atoms. The Kier molecular flexibility index (Phi) is 11.1. The number of rotatable bonds is 10. The first kappa shape index (κ1) is 27.3. The molecule has 2 N–H and O–H groups in total. The average molecular weight is 463 g/mol. The van der Waals surface area contributed by atoms with Gasteiger partial charge in [0.1, 0.15) is 24.2 Å². The number of thiol groups is 1. The number of nitriles is 1. The molecule has 0 saturated carbocycles. The standard InChI is InChI=1S/C23H34N4O4S/c1-6-10-16(2)25-20(28)19(17-11-8-7-9-12-17)27(14-13-24)21(29)18(15-32)26-22(30)31-23(3,4)5/h7-9,11-12,16,18-19,32H,6,10,14-15H2,1-5H3,(H,25,28)(H,26,30). The molecule has 0 radical (unpaired) electrons. The van der Waals surface area contributed by atoms with E-state index >= 15 is 0 Å². The third-order valence-electron chi connectivity index (χ3n) is 4.48. The summed E-state index contributed by atoms with van der Waals surface area (Å²) in [6, 6.07) is 8.52. The summed E-state index contributed by atoms with van der Waals surface area (Å²) >= 11 is 4.19. The number of hydrogen-bond donors (Lipinski definition) is 3. The van der Waals surface area contributed by atoms with Crippen molar-refractivity contribution < 1.29 is 19.1 Å². The Hall–Kier alpha value is -2.73. The van der Waals surface area contributed by atoms with Gasteiger partial charge in [0.15, 0.2) is 0 Å². The SMILES string of the molecule is CCCC(C)NC(=O)C(c1ccccc1)N(CC#N)C(=O)C(CS)NC(=O)OC(C)(C)C. The van der Waals surface area contributed by atoms with Crippen LogP contribution in [0.15, 0.2) is 30.3 Å². The Labute approximate surface area is 196 Å². The molecule has 0 bridgehead atoms. The first-order chi connectivity index (χ1) is 15.0. The average Bonchev–Trinajstić information content (AvgIpc) is 2.70. The van der Waals surface area contributed by atoms with Crippen LogP contribution in [-0.4, -0.2) is 52.8 Å². The van der Waals surface area contributed by atoms with Crippen LogP contribution in [0.5, 0.6) is 0 Å². The van der Waals surface area contributed by atoms with Crippen molar-refractivity contribution in [2.24, 2.45) is 0 Å². The third-order valence-corrected chi connectivity index (χ3v) is 4.85. The maximum atomic E-state index is 13.4. The lowest BCUT2D eigenvalue weighted by molar-refractivity contribution is -0.141. The van der Waals surface area contributed by atoms with Crippen LogP contribution in [0.25, 0.3) is 0 Å². The van der Waals surface area contributed by atoms with Crippen molar-refractivity contribution in [1.82, 2.24) is 15.5 Å². The molecule has 0 aromatic heterocycles. The first-order valence-electron chi connectivity index (χ1n) is 10.7. The topological polar surface area (TPSA) is 112 Å². The van der Waals surface area contributed by atoms with Gasteiger partial charge in [-0.1, -0.05) is 43.7 Å². The lowest BCUT2D eigenvalue weighted by Crippen LogP contribution is -2.54. The van der Waals surface area contributed by atoms with E-state index in [4.69, 9.17) is 4.74 Å². The van der Waals surface area contributed by atoms with E-state index < -0.39 is 35.6 Å². The Morgan fingerprint density at radius 2 is 1.81 bits per heavy atom. The molecular weight excluding hydrogens is 428 g/mol. The molecule has 8 nitrogen and oxygen atoms in total. The van der Waals surface area contributed by atoms with Crippen LogP contribution in [0.4, 0.5) is 4.79 Å². The molecule has 1 rings (SSSR count). The summed E-state index contributed by atoms with van der Waals surface area (Å²) in [6.45, 7) is 8.69. The Morgan fingerprint density at radius 1 is 1.19 bits per heavy atom. The van der Waals surface area contributed by atoms with Crippen molar-refractivity contribution in [2.75, 3.05) is 12.3 Å². The highest BCUT2D eigenvalue weighted by molar-refractivity contribution is 7.80. The fraction of sp³-hybridized carbons (Fsp3) is 0.565. The van der Waals surface area contributed by atoms with Gasteiger partial charge in [-0.05, 0) is 39.7 Å². The summed E-state index contributed by atoms with van der Waals surface area (Å²) in [7, 11) is 0. The van der Waals surface area contributed by atoms with Gasteiger partial charge in [0.2, 0.25) is 11.8 Å². The molecule has 0 saturated heterocycles. The van der Waals surface area contributed by atoms with E-state index in [1.807, 2.05) is 19.9 Å². The van der Waals surface area contributed by atoms with Crippen molar-refractivity contribution >= 4 is 30.5 Å². The maximum absolute atomic E-state index is 13.4. The molecule has 3 atom stereocenters. The van der Waals surface area contributed by atoms with Gasteiger partial charge in [-0.2, -0.15) is 17.9 Å². The Morgan fingerprint density at radius 3 is 2.31 bits per heavy atom. The Bertz CT molecular complexity index is 804. The molecule has 0 aliphatic carbocycles. The van der Waals surface area contributed by atoms with Gasteiger partial charge in [-0.25, -0.2) is 4.79 Å². The van der Waals surface area contributed by atoms with E-state index in [9.17, 15) is 19.6 Å². The molecule has 0 heterocycles. The second-order valence-electron chi connectivity index (χ2n) is 8.52. The normalized spacial score (nSPS) is 13.8. The molecule has 1 aromatic rings. The predicted molar refractivity (Wildman–Crippen MR) is 126 cm³/mol. The van der Waals surface area contributed by atoms with E-state index in [0.29, 0.717) is 5.56 Å². The van der Waals surface area contributed by atoms with Crippen molar-refractivity contribution in [1.29, 1.82) is 5.26 Å². The molecule has 3 amide bonds. The molecule has 32 heavy (non-hydrogen) atoms. The number of carbonyl (C=O) groups is 3. The fourth-order valence-electron chi connectivity index (χ4n) is 3.14. The zero-order valence-corrected chi connectivity index (χ0v) is 20.3. The highest BCUT2D eigenvalue weighted by atomic mass is 32.1. The van der Waals surface area contributed by atoms with Gasteiger partial charge in [0.05, 0.1) is 6.07 Å². The summed E-state index contributed by atoms with van der Waals surface area (Å²) in [5, 5.41) is 14.8. The van der Waals surface area contributed by atoms with Gasteiger partial charge in [-0.15, -0.1) is 0 Å². The van der Waals surface area contributed by atoms with Crippen LogP contribution in [0.1, 0.15) is 59.1 Å². The molecule has 3 unspecified atom stereocenters. The summed E-state index contributed by atoms with van der Waals surface area (Å²) in [6.07, 6.45) is 0.887. The molecular formula is C23H34N4O4S. The highest BCUT2D eigenvalue weighted by Crippen LogP contribution is 2.23. The zero-order chi connectivity index (χ0) is 24.3. The summed E-state index contributed by atoms with van der Waals surface area (Å²) in [5.41, 5.74) is -0.185. The van der Waals surface area contributed by atoms with E-state index in [-0.39, 0.29) is 18.3 Å². The third kappa shape index (κ3) is 8.79. The van der Waals surface area contributed by atoms with Crippen molar-refractivity contribution in [3.8, 4) is 6.07 Å². The van der Waals surface area contributed by atoms with E-state index in [2.05, 4.69) is 23.3 Å². The number of hydrogen-bond acceptors (Lipinski definition) is 6. The first-order valence-corrected chi connectivity index (χ1v) is 11.3. The predicted octanol–water partition coefficient (Wildman–Crippen LogP) is 3.21. The minimum atomic E-state index is -1.08. The minimum Gasteiger partial charge on any atom is -0.444 e. The molecule has 0 fully saturated rings. The quantitative estimate of drug-likeness (QED) is 0.365. The maximum Gasteiger partial charge on any atom is 0.408 e. The van der Waals surface area contributed by atoms with Gasteiger partial charge in [0, 0.05) is 11.8 Å². The molecule has 9 heteroatoms. The summed E-state index contributed by atoms with van der Waals surface area (Å²) in [4.78, 5) is 40.0. The molecule has 176 valence electrons. The van der Waals surface area contributed by atoms with E-state index in [1.54, 1.807) is 51.1 Å². The van der Waals surface area contributed by atoms with Crippen LogP contribution in [0.2, 0.25) is 0 Å². The van der Waals surface area contributed by atoms with E-state index in [0.717, 1.165) is 12.8 Å². The van der Waals surface area contributed by atoms with Crippen LogP contribution in [0.3, 0.4) is 0 Å². The minimum absolute atomic E-state index is 0.0324. The highest BCUT2D eigenvalue weighted by Gasteiger charge is 2.36. The summed E-state index contributed by atoms with van der Waals surface area (Å²) < 4.78 is 5.23. The van der Waals surface area contributed by atoms with Gasteiger partial charge in [0.25, 0.3) is 0 Å². The van der Waals surface area contributed by atoms with Crippen molar-refractivity contribution in [3.63, 3.8) is 0 Å². The molecule has 0 aliphatic rings. The number of nitrogens with zero attached hydrogens (tertiary/aromatic N) is 2. The van der Waals surface area contributed by atoms with Gasteiger partial charge in [-0.3, -0.25) is 9.59 Å². The van der Waals surface area contributed by atoms with Crippen LogP contribution >= 0.6 is 12.6 Å². The number of alkyl carbamates (subject to hydrolysis) is 1. The second-order valence-corrected chi connectivity index (χ2v) is 8.88. The number of benzene rings is 1.